The first kappa shape index (κ1) is 18.4. The van der Waals surface area contributed by atoms with E-state index >= 15 is 0 Å². The summed E-state index contributed by atoms with van der Waals surface area (Å²) >= 11 is 0. The van der Waals surface area contributed by atoms with Crippen LogP contribution >= 0.6 is 0 Å². The van der Waals surface area contributed by atoms with Gasteiger partial charge in [-0.15, -0.1) is 0 Å². The predicted molar refractivity (Wildman–Crippen MR) is 92.6 cm³/mol. The Morgan fingerprint density at radius 1 is 1.42 bits per heavy atom. The maximum absolute atomic E-state index is 14.9. The Bertz CT molecular complexity index is 571. The minimum atomic E-state index is -0.623. The number of halogens is 1. The number of benzene rings is 1. The van der Waals surface area contributed by atoms with Crippen molar-refractivity contribution in [3.63, 3.8) is 0 Å². The van der Waals surface area contributed by atoms with Crippen LogP contribution in [0.1, 0.15) is 37.2 Å². The van der Waals surface area contributed by atoms with Crippen molar-refractivity contribution >= 4 is 17.9 Å². The summed E-state index contributed by atoms with van der Waals surface area (Å²) in [6, 6.07) is 4.67. The second-order valence-corrected chi connectivity index (χ2v) is 6.34. The fourth-order valence-corrected chi connectivity index (χ4v) is 3.16. The van der Waals surface area contributed by atoms with E-state index in [1.165, 1.54) is 7.05 Å². The molecule has 1 saturated heterocycles. The summed E-state index contributed by atoms with van der Waals surface area (Å²) < 4.78 is 14.9. The van der Waals surface area contributed by atoms with Gasteiger partial charge in [0.15, 0.2) is 0 Å². The first-order valence-corrected chi connectivity index (χ1v) is 8.45. The van der Waals surface area contributed by atoms with Crippen molar-refractivity contribution in [1.29, 1.82) is 0 Å². The lowest BCUT2D eigenvalue weighted by molar-refractivity contribution is -0.121. The van der Waals surface area contributed by atoms with Crippen LogP contribution in [0.2, 0.25) is 0 Å². The van der Waals surface area contributed by atoms with Crippen LogP contribution in [0, 0.1) is 5.82 Å². The van der Waals surface area contributed by atoms with E-state index in [0.29, 0.717) is 17.7 Å². The van der Waals surface area contributed by atoms with Crippen LogP contribution in [-0.4, -0.2) is 50.3 Å². The molecule has 2 N–H and O–H groups in total. The molecule has 0 radical (unpaired) electrons. The highest BCUT2D eigenvalue weighted by atomic mass is 19.1. The van der Waals surface area contributed by atoms with E-state index in [0.717, 1.165) is 32.2 Å². The number of piperidine rings is 1. The molecule has 0 bridgehead atoms. The minimum absolute atomic E-state index is 0.205. The molecule has 0 aromatic heterocycles. The summed E-state index contributed by atoms with van der Waals surface area (Å²) in [6.45, 7) is 1.92. The number of anilines is 1. The predicted octanol–water partition coefficient (Wildman–Crippen LogP) is 2.14. The third kappa shape index (κ3) is 4.54. The van der Waals surface area contributed by atoms with E-state index in [1.807, 2.05) is 12.1 Å². The largest absolute Gasteiger partial charge is 0.371 e. The van der Waals surface area contributed by atoms with Gasteiger partial charge >= 0.3 is 0 Å². The van der Waals surface area contributed by atoms with Crippen LogP contribution in [0.4, 0.5) is 10.1 Å². The number of hydrogen-bond donors (Lipinski definition) is 2. The fraction of sp³-hybridized carbons (Fsp3) is 0.556. The third-order valence-electron chi connectivity index (χ3n) is 4.65. The average molecular weight is 335 g/mol. The van der Waals surface area contributed by atoms with Gasteiger partial charge in [0.05, 0.1) is 5.69 Å². The van der Waals surface area contributed by atoms with Crippen LogP contribution in [0.3, 0.4) is 0 Å². The number of amides is 1. The molecule has 1 atom stereocenters. The SMILES string of the molecule is CNC(=O)C(CCC=O)Nc1cccc(C2CCN(C)CC2)c1F. The molecule has 1 unspecified atom stereocenters. The number of carbonyl (C=O) groups is 2. The highest BCUT2D eigenvalue weighted by Crippen LogP contribution is 2.32. The van der Waals surface area contributed by atoms with E-state index < -0.39 is 6.04 Å². The third-order valence-corrected chi connectivity index (χ3v) is 4.65. The molecule has 24 heavy (non-hydrogen) atoms. The topological polar surface area (TPSA) is 61.4 Å². The molecular weight excluding hydrogens is 309 g/mol. The summed E-state index contributed by atoms with van der Waals surface area (Å²) in [6.07, 6.45) is 3.22. The van der Waals surface area contributed by atoms with E-state index in [4.69, 9.17) is 0 Å². The minimum Gasteiger partial charge on any atom is -0.371 e. The number of aldehydes is 1. The number of nitrogens with one attached hydrogen (secondary N) is 2. The highest BCUT2D eigenvalue weighted by Gasteiger charge is 2.24. The first-order valence-electron chi connectivity index (χ1n) is 8.45. The van der Waals surface area contributed by atoms with Crippen LogP contribution in [0.15, 0.2) is 18.2 Å². The molecule has 6 heteroatoms. The van der Waals surface area contributed by atoms with Crippen LogP contribution in [0.25, 0.3) is 0 Å². The van der Waals surface area contributed by atoms with E-state index in [2.05, 4.69) is 22.6 Å². The van der Waals surface area contributed by atoms with Gasteiger partial charge in [0.1, 0.15) is 18.1 Å². The van der Waals surface area contributed by atoms with Crippen LogP contribution in [-0.2, 0) is 9.59 Å². The summed E-state index contributed by atoms with van der Waals surface area (Å²) in [5.74, 6) is -0.329. The molecule has 1 heterocycles. The van der Waals surface area contributed by atoms with Gasteiger partial charge in [-0.3, -0.25) is 4.79 Å². The lowest BCUT2D eigenvalue weighted by Crippen LogP contribution is -2.38. The van der Waals surface area contributed by atoms with Crippen LogP contribution < -0.4 is 10.6 Å². The number of nitrogens with zero attached hydrogens (tertiary/aromatic N) is 1. The van der Waals surface area contributed by atoms with E-state index in [1.54, 1.807) is 6.07 Å². The normalized spacial score (nSPS) is 17.3. The summed E-state index contributed by atoms with van der Waals surface area (Å²) in [7, 11) is 3.61. The number of likely N-dealkylation sites (tertiary alicyclic amines) is 1. The molecule has 1 amide bonds. The zero-order chi connectivity index (χ0) is 17.5. The lowest BCUT2D eigenvalue weighted by atomic mass is 9.89. The smallest absolute Gasteiger partial charge is 0.242 e. The van der Waals surface area contributed by atoms with Gasteiger partial charge in [-0.2, -0.15) is 0 Å². The lowest BCUT2D eigenvalue weighted by Gasteiger charge is -2.30. The Morgan fingerprint density at radius 2 is 2.12 bits per heavy atom. The van der Waals surface area contributed by atoms with Gasteiger partial charge in [0.2, 0.25) is 5.91 Å². The molecule has 1 fully saturated rings. The summed E-state index contributed by atoms with van der Waals surface area (Å²) in [4.78, 5) is 24.8. The average Bonchev–Trinajstić information content (AvgIpc) is 2.60. The van der Waals surface area contributed by atoms with Gasteiger partial charge in [0, 0.05) is 13.5 Å². The van der Waals surface area contributed by atoms with Gasteiger partial charge < -0.3 is 20.3 Å². The maximum atomic E-state index is 14.9. The summed E-state index contributed by atoms with van der Waals surface area (Å²) in [5.41, 5.74) is 1.03. The number of likely N-dealkylation sites (N-methyl/N-ethyl adjacent to an activating group) is 1. The Balaban J connectivity index is 2.16. The molecule has 0 saturated carbocycles. The molecule has 1 aliphatic heterocycles. The molecule has 1 aromatic carbocycles. The molecule has 1 aromatic rings. The molecule has 2 rings (SSSR count). The first-order chi connectivity index (χ1) is 11.6. The van der Waals surface area contributed by atoms with Crippen molar-refractivity contribution in [3.05, 3.63) is 29.6 Å². The second-order valence-electron chi connectivity index (χ2n) is 6.34. The van der Waals surface area contributed by atoms with E-state index in [-0.39, 0.29) is 24.1 Å². The second kappa shape index (κ2) is 8.78. The number of carbonyl (C=O) groups excluding carboxylic acids is 2. The number of hydrogen-bond acceptors (Lipinski definition) is 4. The standard InChI is InChI=1S/C18H26FN3O2/c1-20-18(24)16(7-4-12-23)21-15-6-3-5-14(17(15)19)13-8-10-22(2)11-9-13/h3,5-6,12-13,16,21H,4,7-11H2,1-2H3,(H,20,24). The van der Waals surface area contributed by atoms with Crippen molar-refractivity contribution in [3.8, 4) is 0 Å². The van der Waals surface area contributed by atoms with Crippen molar-refractivity contribution in [2.75, 3.05) is 32.5 Å². The Hall–Kier alpha value is -1.95. The van der Waals surface area contributed by atoms with Gasteiger partial charge in [0.25, 0.3) is 0 Å². The van der Waals surface area contributed by atoms with Crippen LogP contribution in [0.5, 0.6) is 0 Å². The van der Waals surface area contributed by atoms with Gasteiger partial charge in [-0.05, 0) is 56.9 Å². The maximum Gasteiger partial charge on any atom is 0.242 e. The molecular formula is C18H26FN3O2. The Labute approximate surface area is 142 Å². The zero-order valence-electron chi connectivity index (χ0n) is 14.3. The fourth-order valence-electron chi connectivity index (χ4n) is 3.16. The molecule has 1 aliphatic rings. The molecule has 5 nitrogen and oxygen atoms in total. The van der Waals surface area contributed by atoms with E-state index in [9.17, 15) is 14.0 Å². The van der Waals surface area contributed by atoms with Gasteiger partial charge in [-0.25, -0.2) is 4.39 Å². The van der Waals surface area contributed by atoms with Crippen molar-refractivity contribution in [1.82, 2.24) is 10.2 Å². The highest BCUT2D eigenvalue weighted by molar-refractivity contribution is 5.84. The zero-order valence-corrected chi connectivity index (χ0v) is 14.3. The molecule has 0 spiro atoms. The quantitative estimate of drug-likeness (QED) is 0.750. The van der Waals surface area contributed by atoms with Crippen molar-refractivity contribution < 1.29 is 14.0 Å². The summed E-state index contributed by atoms with van der Waals surface area (Å²) in [5, 5.41) is 5.52. The van der Waals surface area contributed by atoms with Crippen molar-refractivity contribution in [2.24, 2.45) is 0 Å². The molecule has 132 valence electrons. The monoisotopic (exact) mass is 335 g/mol. The Morgan fingerprint density at radius 3 is 2.75 bits per heavy atom. The Kier molecular flexibility index (Phi) is 6.73. The number of rotatable bonds is 7. The van der Waals surface area contributed by atoms with Gasteiger partial charge in [-0.1, -0.05) is 12.1 Å². The molecule has 0 aliphatic carbocycles. The van der Waals surface area contributed by atoms with Crippen molar-refractivity contribution in [2.45, 2.75) is 37.6 Å².